The second kappa shape index (κ2) is 10.0. The third-order valence-corrected chi connectivity index (χ3v) is 7.02. The van der Waals surface area contributed by atoms with E-state index >= 15 is 0 Å². The van der Waals surface area contributed by atoms with Gasteiger partial charge in [-0.15, -0.1) is 0 Å². The van der Waals surface area contributed by atoms with Gasteiger partial charge in [0, 0.05) is 36.3 Å². The number of nitrogens with zero attached hydrogens (tertiary/aromatic N) is 1. The molecule has 2 amide bonds. The van der Waals surface area contributed by atoms with E-state index < -0.39 is 28.1 Å². The third kappa shape index (κ3) is 5.77. The van der Waals surface area contributed by atoms with Crippen molar-refractivity contribution in [3.05, 3.63) is 47.5 Å². The molecule has 2 N–H and O–H groups in total. The van der Waals surface area contributed by atoms with Gasteiger partial charge in [-0.25, -0.2) is 8.42 Å². The minimum absolute atomic E-state index is 0.0518. The van der Waals surface area contributed by atoms with Crippen molar-refractivity contribution in [3.63, 3.8) is 0 Å². The molecule has 0 spiro atoms. The molecule has 2 atom stereocenters. The van der Waals surface area contributed by atoms with Gasteiger partial charge in [0.15, 0.2) is 6.61 Å². The van der Waals surface area contributed by atoms with Crippen molar-refractivity contribution >= 4 is 21.8 Å². The van der Waals surface area contributed by atoms with Crippen LogP contribution in [0.4, 0.5) is 0 Å². The Morgan fingerprint density at radius 2 is 1.83 bits per heavy atom. The summed E-state index contributed by atoms with van der Waals surface area (Å²) in [5.41, 5.74) is 0.946. The van der Waals surface area contributed by atoms with Crippen molar-refractivity contribution in [3.8, 4) is 23.0 Å². The molecule has 3 heterocycles. The summed E-state index contributed by atoms with van der Waals surface area (Å²) >= 11 is 0. The van der Waals surface area contributed by atoms with E-state index in [4.69, 9.17) is 18.9 Å². The smallest absolute Gasteiger partial charge is 0.258 e. The van der Waals surface area contributed by atoms with Crippen LogP contribution in [-0.4, -0.2) is 76.9 Å². The zero-order valence-corrected chi connectivity index (χ0v) is 20.4. The highest BCUT2D eigenvalue weighted by Gasteiger charge is 2.40. The first-order valence-corrected chi connectivity index (χ1v) is 12.7. The van der Waals surface area contributed by atoms with Gasteiger partial charge in [-0.1, -0.05) is 0 Å². The number of ether oxygens (including phenoxy) is 4. The molecule has 35 heavy (non-hydrogen) atoms. The van der Waals surface area contributed by atoms with Crippen molar-refractivity contribution in [2.75, 3.05) is 40.2 Å². The van der Waals surface area contributed by atoms with Gasteiger partial charge in [0.25, 0.3) is 11.8 Å². The van der Waals surface area contributed by atoms with Crippen LogP contribution < -0.4 is 29.6 Å². The zero-order valence-electron chi connectivity index (χ0n) is 19.6. The molecule has 0 radical (unpaired) electrons. The molecule has 0 saturated carbocycles. The number of carbonyl (C=O) groups excluding carboxylic acids is 2. The Balaban J connectivity index is 1.71. The van der Waals surface area contributed by atoms with Gasteiger partial charge in [0.05, 0.1) is 33.1 Å². The first kappa shape index (κ1) is 24.6. The molecular weight excluding hydrogens is 478 g/mol. The molecular formula is C23H27N3O8S. The summed E-state index contributed by atoms with van der Waals surface area (Å²) in [7, 11) is -0.560. The number of hydrogen-bond donors (Lipinski definition) is 2. The topological polar surface area (TPSA) is 132 Å². The fraction of sp³-hybridized carbons (Fsp3) is 0.391. The number of nitrogens with one attached hydrogen (secondary N) is 2. The number of amides is 2. The van der Waals surface area contributed by atoms with Crippen LogP contribution in [0.3, 0.4) is 0 Å². The molecule has 5 rings (SSSR count). The normalized spacial score (nSPS) is 21.1. The van der Waals surface area contributed by atoms with Gasteiger partial charge in [0.2, 0.25) is 10.0 Å². The number of rotatable bonds is 3. The Hall–Kier alpha value is -3.51. The predicted octanol–water partition coefficient (Wildman–Crippen LogP) is 0.534. The molecule has 2 aromatic carbocycles. The molecule has 3 aliphatic rings. The van der Waals surface area contributed by atoms with Gasteiger partial charge in [-0.3, -0.25) is 9.59 Å². The van der Waals surface area contributed by atoms with Crippen molar-refractivity contribution in [1.82, 2.24) is 14.9 Å². The zero-order chi connectivity index (χ0) is 25.2. The molecule has 1 saturated heterocycles. The van der Waals surface area contributed by atoms with Crippen molar-refractivity contribution in [1.29, 1.82) is 0 Å². The first-order chi connectivity index (χ1) is 16.7. The second-order valence-corrected chi connectivity index (χ2v) is 10.2. The molecule has 0 aromatic heterocycles. The van der Waals surface area contributed by atoms with E-state index in [0.29, 0.717) is 17.2 Å². The van der Waals surface area contributed by atoms with Crippen molar-refractivity contribution in [2.24, 2.45) is 0 Å². The average Bonchev–Trinajstić information content (AvgIpc) is 3.23. The summed E-state index contributed by atoms with van der Waals surface area (Å²) in [5.74, 6) is 0.735. The Bertz CT molecular complexity index is 1230. The maximum atomic E-state index is 13.1. The summed E-state index contributed by atoms with van der Waals surface area (Å²) in [6, 6.07) is 9.06. The summed E-state index contributed by atoms with van der Waals surface area (Å²) < 4.78 is 48.1. The van der Waals surface area contributed by atoms with E-state index in [-0.39, 0.29) is 43.5 Å². The quantitative estimate of drug-likeness (QED) is 0.618. The van der Waals surface area contributed by atoms with Gasteiger partial charge in [-0.05, 0) is 24.3 Å². The van der Waals surface area contributed by atoms with E-state index in [1.807, 2.05) is 0 Å². The monoisotopic (exact) mass is 505 g/mol. The van der Waals surface area contributed by atoms with Gasteiger partial charge in [-0.2, -0.15) is 4.31 Å². The van der Waals surface area contributed by atoms with Crippen LogP contribution in [0.5, 0.6) is 23.0 Å². The van der Waals surface area contributed by atoms with E-state index in [1.54, 1.807) is 24.3 Å². The molecule has 2 aromatic rings. The maximum Gasteiger partial charge on any atom is 0.258 e. The van der Waals surface area contributed by atoms with E-state index in [9.17, 15) is 18.0 Å². The molecule has 11 nitrogen and oxygen atoms in total. The highest BCUT2D eigenvalue weighted by Crippen LogP contribution is 2.28. The summed E-state index contributed by atoms with van der Waals surface area (Å²) in [6.45, 7) is 0.0430. The highest BCUT2D eigenvalue weighted by atomic mass is 32.2. The van der Waals surface area contributed by atoms with Crippen molar-refractivity contribution in [2.45, 2.75) is 18.7 Å². The van der Waals surface area contributed by atoms with Gasteiger partial charge >= 0.3 is 0 Å². The molecule has 3 aliphatic heterocycles. The number of fused-ring (bicyclic) bond motifs is 7. The SMILES string of the molecule is COc1cc2cc(c1)C(=O)N[C@H]1CN(S(C)(=O)=O)C[C@@H]1Oc1ccc(c(OC)c1)CNC(=O)CO2. The summed E-state index contributed by atoms with van der Waals surface area (Å²) in [5, 5.41) is 5.64. The van der Waals surface area contributed by atoms with Crippen LogP contribution >= 0.6 is 0 Å². The van der Waals surface area contributed by atoms with E-state index in [0.717, 1.165) is 11.8 Å². The second-order valence-electron chi connectivity index (χ2n) is 8.25. The Labute approximate surface area is 203 Å². The van der Waals surface area contributed by atoms with Crippen LogP contribution in [0.15, 0.2) is 36.4 Å². The number of sulfonamides is 1. The standard InChI is InChI=1S/C23H27N3O8S/c1-31-17-6-15-7-18(8-17)33-13-22(27)24-10-14-4-5-16(9-20(14)32-2)34-21-12-26(35(3,29)30)11-19(21)25-23(15)28/h4-9,19,21H,10-13H2,1-3H3,(H,24,27)(H,25,28)/t19-,21-/m0/s1. The van der Waals surface area contributed by atoms with Crippen LogP contribution in [-0.2, 0) is 21.4 Å². The summed E-state index contributed by atoms with van der Waals surface area (Å²) in [4.78, 5) is 25.5. The third-order valence-electron chi connectivity index (χ3n) is 5.79. The Kier molecular flexibility index (Phi) is 7.03. The highest BCUT2D eigenvalue weighted by molar-refractivity contribution is 7.88. The minimum Gasteiger partial charge on any atom is -0.497 e. The molecule has 0 aliphatic carbocycles. The Morgan fingerprint density at radius 1 is 1.03 bits per heavy atom. The lowest BCUT2D eigenvalue weighted by atomic mass is 10.1. The Morgan fingerprint density at radius 3 is 2.54 bits per heavy atom. The minimum atomic E-state index is -3.51. The van der Waals surface area contributed by atoms with Crippen LogP contribution in [0.2, 0.25) is 0 Å². The lowest BCUT2D eigenvalue weighted by Gasteiger charge is -2.22. The lowest BCUT2D eigenvalue weighted by Crippen LogP contribution is -2.45. The van der Waals surface area contributed by atoms with Crippen LogP contribution in [0.1, 0.15) is 15.9 Å². The number of hydrogen-bond acceptors (Lipinski definition) is 8. The van der Waals surface area contributed by atoms with E-state index in [2.05, 4.69) is 10.6 Å². The molecule has 188 valence electrons. The van der Waals surface area contributed by atoms with Crippen LogP contribution in [0, 0.1) is 0 Å². The largest absolute Gasteiger partial charge is 0.497 e. The van der Waals surface area contributed by atoms with E-state index in [1.165, 1.54) is 30.7 Å². The molecule has 12 heteroatoms. The summed E-state index contributed by atoms with van der Waals surface area (Å²) in [6.07, 6.45) is 0.464. The van der Waals surface area contributed by atoms with Gasteiger partial charge < -0.3 is 29.6 Å². The first-order valence-electron chi connectivity index (χ1n) is 10.8. The predicted molar refractivity (Wildman–Crippen MR) is 125 cm³/mol. The maximum absolute atomic E-state index is 13.1. The molecule has 1 fully saturated rings. The fourth-order valence-corrected chi connectivity index (χ4v) is 4.79. The van der Waals surface area contributed by atoms with Crippen molar-refractivity contribution < 1.29 is 37.0 Å². The van der Waals surface area contributed by atoms with Crippen LogP contribution in [0.25, 0.3) is 0 Å². The van der Waals surface area contributed by atoms with Gasteiger partial charge in [0.1, 0.15) is 29.1 Å². The fourth-order valence-electron chi connectivity index (χ4n) is 3.94. The average molecular weight is 506 g/mol. The molecule has 0 unspecified atom stereocenters. The number of carbonyl (C=O) groups is 2. The lowest BCUT2D eigenvalue weighted by molar-refractivity contribution is -0.123. The molecule has 4 bridgehead atoms. The number of methoxy groups -OCH3 is 2. The number of benzene rings is 2.